The number of carbonyl (C=O) groups excluding carboxylic acids is 1. The van der Waals surface area contributed by atoms with Crippen LogP contribution in [0.15, 0.2) is 22.7 Å². The lowest BCUT2D eigenvalue weighted by atomic mass is 9.97. The molecule has 2 fully saturated rings. The van der Waals surface area contributed by atoms with Crippen molar-refractivity contribution < 1.29 is 4.79 Å². The van der Waals surface area contributed by atoms with Gasteiger partial charge in [0.2, 0.25) is 0 Å². The van der Waals surface area contributed by atoms with Crippen LogP contribution >= 0.6 is 27.5 Å². The Labute approximate surface area is 126 Å². The number of nitrogens with two attached hydrogens (primary N) is 1. The van der Waals surface area contributed by atoms with Crippen LogP contribution in [-0.2, 0) is 0 Å². The third-order valence-corrected chi connectivity index (χ3v) is 5.40. The second-order valence-corrected chi connectivity index (χ2v) is 6.72. The molecule has 2 aliphatic rings. The first-order chi connectivity index (χ1) is 9.06. The number of hydrogen-bond donors (Lipinski definition) is 1. The second kappa shape index (κ2) is 5.08. The van der Waals surface area contributed by atoms with E-state index in [2.05, 4.69) is 15.9 Å². The average Bonchev–Trinajstić information content (AvgIpc) is 2.64. The highest BCUT2D eigenvalue weighted by molar-refractivity contribution is 9.10. The summed E-state index contributed by atoms with van der Waals surface area (Å²) in [7, 11) is 0. The van der Waals surface area contributed by atoms with Crippen molar-refractivity contribution in [3.05, 3.63) is 33.3 Å². The first kappa shape index (κ1) is 13.4. The molecule has 102 valence electrons. The quantitative estimate of drug-likeness (QED) is 0.851. The summed E-state index contributed by atoms with van der Waals surface area (Å²) in [6, 6.07) is 6.25. The van der Waals surface area contributed by atoms with Gasteiger partial charge in [-0.15, -0.1) is 0 Å². The molecular formula is C14H16BrClN2O. The largest absolute Gasteiger partial charge is 0.333 e. The van der Waals surface area contributed by atoms with Gasteiger partial charge in [0.15, 0.2) is 0 Å². The first-order valence-electron chi connectivity index (χ1n) is 6.59. The van der Waals surface area contributed by atoms with Crippen molar-refractivity contribution in [1.29, 1.82) is 0 Å². The molecule has 2 bridgehead atoms. The van der Waals surface area contributed by atoms with Crippen LogP contribution in [0.4, 0.5) is 0 Å². The fourth-order valence-corrected chi connectivity index (χ4v) is 3.76. The average molecular weight is 344 g/mol. The minimum atomic E-state index is 0.0915. The topological polar surface area (TPSA) is 46.3 Å². The third-order valence-electron chi connectivity index (χ3n) is 4.17. The molecule has 1 aromatic carbocycles. The molecule has 2 atom stereocenters. The molecular weight excluding hydrogens is 328 g/mol. The number of hydrogen-bond acceptors (Lipinski definition) is 2. The molecule has 2 saturated heterocycles. The Morgan fingerprint density at radius 3 is 2.53 bits per heavy atom. The van der Waals surface area contributed by atoms with Crippen LogP contribution in [0.25, 0.3) is 0 Å². The maximum Gasteiger partial charge on any atom is 0.254 e. The first-order valence-corrected chi connectivity index (χ1v) is 7.76. The van der Waals surface area contributed by atoms with Crippen molar-refractivity contribution in [3.8, 4) is 0 Å². The molecule has 0 radical (unpaired) electrons. The zero-order chi connectivity index (χ0) is 13.6. The Morgan fingerprint density at radius 2 is 1.95 bits per heavy atom. The van der Waals surface area contributed by atoms with Crippen LogP contribution in [0, 0.1) is 0 Å². The highest BCUT2D eigenvalue weighted by atomic mass is 79.9. The van der Waals surface area contributed by atoms with E-state index in [-0.39, 0.29) is 11.9 Å². The van der Waals surface area contributed by atoms with Gasteiger partial charge in [-0.05, 0) is 59.8 Å². The predicted molar refractivity (Wildman–Crippen MR) is 79.3 cm³/mol. The lowest BCUT2D eigenvalue weighted by Crippen LogP contribution is -2.50. The SMILES string of the molecule is NC1CC2CCC(C1)N2C(=O)c1ccc(Br)c(Cl)c1. The fraction of sp³-hybridized carbons (Fsp3) is 0.500. The summed E-state index contributed by atoms with van der Waals surface area (Å²) in [5, 5.41) is 0.576. The minimum Gasteiger partial charge on any atom is -0.333 e. The summed E-state index contributed by atoms with van der Waals surface area (Å²) >= 11 is 9.42. The van der Waals surface area contributed by atoms with Crippen LogP contribution in [0.1, 0.15) is 36.0 Å². The minimum absolute atomic E-state index is 0.0915. The van der Waals surface area contributed by atoms with Crippen molar-refractivity contribution in [2.24, 2.45) is 5.73 Å². The van der Waals surface area contributed by atoms with Gasteiger partial charge in [0.05, 0.1) is 5.02 Å². The summed E-state index contributed by atoms with van der Waals surface area (Å²) in [4.78, 5) is 14.7. The molecule has 2 unspecified atom stereocenters. The van der Waals surface area contributed by atoms with Gasteiger partial charge in [-0.3, -0.25) is 4.79 Å². The number of carbonyl (C=O) groups is 1. The fourth-order valence-electron chi connectivity index (χ4n) is 3.33. The van der Waals surface area contributed by atoms with Crippen LogP contribution in [0.2, 0.25) is 5.02 Å². The standard InChI is InChI=1S/C14H16BrClN2O/c15-12-4-1-8(5-13(12)16)14(19)18-10-2-3-11(18)7-9(17)6-10/h1,4-5,9-11H,2-3,6-7,17H2. The molecule has 0 aliphatic carbocycles. The second-order valence-electron chi connectivity index (χ2n) is 5.46. The number of fused-ring (bicyclic) bond motifs is 2. The number of benzene rings is 1. The van der Waals surface area contributed by atoms with Crippen molar-refractivity contribution >= 4 is 33.4 Å². The van der Waals surface area contributed by atoms with E-state index < -0.39 is 0 Å². The van der Waals surface area contributed by atoms with Crippen LogP contribution in [0.3, 0.4) is 0 Å². The molecule has 2 N–H and O–H groups in total. The van der Waals surface area contributed by atoms with Gasteiger partial charge in [-0.25, -0.2) is 0 Å². The molecule has 5 heteroatoms. The van der Waals surface area contributed by atoms with Crippen molar-refractivity contribution in [2.45, 2.75) is 43.8 Å². The third kappa shape index (κ3) is 2.41. The van der Waals surface area contributed by atoms with E-state index in [4.69, 9.17) is 17.3 Å². The Balaban J connectivity index is 1.86. The van der Waals surface area contributed by atoms with E-state index in [0.717, 1.165) is 30.2 Å². The Kier molecular flexibility index (Phi) is 3.58. The zero-order valence-corrected chi connectivity index (χ0v) is 12.8. The summed E-state index contributed by atoms with van der Waals surface area (Å²) in [6.07, 6.45) is 4.00. The predicted octanol–water partition coefficient (Wildman–Crippen LogP) is 3.20. The van der Waals surface area contributed by atoms with Gasteiger partial charge >= 0.3 is 0 Å². The van der Waals surface area contributed by atoms with Gasteiger partial charge in [0.25, 0.3) is 5.91 Å². The Hall–Kier alpha value is -0.580. The summed E-state index contributed by atoms with van der Waals surface area (Å²) in [6.45, 7) is 0. The molecule has 2 heterocycles. The maximum absolute atomic E-state index is 12.6. The van der Waals surface area contributed by atoms with E-state index >= 15 is 0 Å². The molecule has 19 heavy (non-hydrogen) atoms. The van der Waals surface area contributed by atoms with E-state index in [1.54, 1.807) is 6.07 Å². The lowest BCUT2D eigenvalue weighted by molar-refractivity contribution is 0.0575. The van der Waals surface area contributed by atoms with E-state index in [1.807, 2.05) is 17.0 Å². The maximum atomic E-state index is 12.6. The van der Waals surface area contributed by atoms with Gasteiger partial charge in [-0.1, -0.05) is 11.6 Å². The van der Waals surface area contributed by atoms with Gasteiger partial charge in [0, 0.05) is 28.2 Å². The van der Waals surface area contributed by atoms with E-state index in [9.17, 15) is 4.79 Å². The molecule has 3 nitrogen and oxygen atoms in total. The Bertz CT molecular complexity index is 508. The number of nitrogens with zero attached hydrogens (tertiary/aromatic N) is 1. The molecule has 0 aromatic heterocycles. The molecule has 0 spiro atoms. The monoisotopic (exact) mass is 342 g/mol. The molecule has 1 aromatic rings. The van der Waals surface area contributed by atoms with Crippen molar-refractivity contribution in [3.63, 3.8) is 0 Å². The van der Waals surface area contributed by atoms with Gasteiger partial charge in [0.1, 0.15) is 0 Å². The summed E-state index contributed by atoms with van der Waals surface area (Å²) in [5.74, 6) is 0.0915. The van der Waals surface area contributed by atoms with Crippen LogP contribution < -0.4 is 5.73 Å². The lowest BCUT2D eigenvalue weighted by Gasteiger charge is -2.37. The van der Waals surface area contributed by atoms with Gasteiger partial charge < -0.3 is 10.6 Å². The molecule has 3 rings (SSSR count). The van der Waals surface area contributed by atoms with Crippen molar-refractivity contribution in [2.75, 3.05) is 0 Å². The molecule has 2 aliphatic heterocycles. The molecule has 0 saturated carbocycles. The number of piperidine rings is 1. The smallest absolute Gasteiger partial charge is 0.254 e. The van der Waals surface area contributed by atoms with Crippen LogP contribution in [-0.4, -0.2) is 28.9 Å². The number of rotatable bonds is 1. The van der Waals surface area contributed by atoms with Gasteiger partial charge in [-0.2, -0.15) is 0 Å². The zero-order valence-electron chi connectivity index (χ0n) is 10.5. The number of halogens is 2. The normalized spacial score (nSPS) is 29.6. The van der Waals surface area contributed by atoms with Crippen LogP contribution in [0.5, 0.6) is 0 Å². The van der Waals surface area contributed by atoms with E-state index in [0.29, 0.717) is 22.7 Å². The molecule has 1 amide bonds. The Morgan fingerprint density at radius 1 is 1.32 bits per heavy atom. The summed E-state index contributed by atoms with van der Waals surface area (Å²) < 4.78 is 0.814. The number of amides is 1. The van der Waals surface area contributed by atoms with E-state index in [1.165, 1.54) is 0 Å². The highest BCUT2D eigenvalue weighted by Crippen LogP contribution is 2.36. The van der Waals surface area contributed by atoms with Crippen molar-refractivity contribution in [1.82, 2.24) is 4.90 Å². The highest BCUT2D eigenvalue weighted by Gasteiger charge is 2.42. The summed E-state index contributed by atoms with van der Waals surface area (Å²) in [5.41, 5.74) is 6.70.